The SMILES string of the molecule is CCC1CCC(Nc2cc(NC)cc([N+](=O)[O-])c2)CC1. The van der Waals surface area contributed by atoms with Crippen LogP contribution in [0.2, 0.25) is 0 Å². The molecule has 5 nitrogen and oxygen atoms in total. The number of nitrogens with one attached hydrogen (secondary N) is 2. The van der Waals surface area contributed by atoms with Crippen molar-refractivity contribution in [1.29, 1.82) is 0 Å². The molecule has 0 heterocycles. The summed E-state index contributed by atoms with van der Waals surface area (Å²) in [5, 5.41) is 17.4. The van der Waals surface area contributed by atoms with Gasteiger partial charge in [-0.05, 0) is 37.7 Å². The molecule has 20 heavy (non-hydrogen) atoms. The van der Waals surface area contributed by atoms with Crippen molar-refractivity contribution in [2.24, 2.45) is 5.92 Å². The first kappa shape index (κ1) is 14.6. The van der Waals surface area contributed by atoms with Gasteiger partial charge in [0, 0.05) is 36.6 Å². The number of benzene rings is 1. The lowest BCUT2D eigenvalue weighted by Crippen LogP contribution is -2.25. The smallest absolute Gasteiger partial charge is 0.273 e. The van der Waals surface area contributed by atoms with E-state index in [0.29, 0.717) is 6.04 Å². The average Bonchev–Trinajstić information content (AvgIpc) is 2.47. The van der Waals surface area contributed by atoms with Crippen LogP contribution in [-0.4, -0.2) is 18.0 Å². The summed E-state index contributed by atoms with van der Waals surface area (Å²) in [6.45, 7) is 2.25. The molecule has 1 saturated carbocycles. The Kier molecular flexibility index (Phi) is 4.82. The number of nitrogens with zero attached hydrogens (tertiary/aromatic N) is 1. The van der Waals surface area contributed by atoms with Gasteiger partial charge in [0.1, 0.15) is 0 Å². The highest BCUT2D eigenvalue weighted by molar-refractivity contribution is 5.63. The van der Waals surface area contributed by atoms with Gasteiger partial charge in [-0.25, -0.2) is 0 Å². The van der Waals surface area contributed by atoms with Crippen LogP contribution in [0.15, 0.2) is 18.2 Å². The number of rotatable bonds is 5. The van der Waals surface area contributed by atoms with Crippen LogP contribution in [0, 0.1) is 16.0 Å². The van der Waals surface area contributed by atoms with Crippen molar-refractivity contribution < 1.29 is 4.92 Å². The first-order valence-electron chi connectivity index (χ1n) is 7.36. The van der Waals surface area contributed by atoms with Crippen LogP contribution in [0.1, 0.15) is 39.0 Å². The molecule has 0 bridgehead atoms. The van der Waals surface area contributed by atoms with Gasteiger partial charge in [0.05, 0.1) is 4.92 Å². The standard InChI is InChI=1S/C15H23N3O2/c1-3-11-4-6-12(7-5-11)17-14-8-13(16-2)9-15(10-14)18(19)20/h8-12,16-17H,3-7H2,1-2H3. The van der Waals surface area contributed by atoms with E-state index in [2.05, 4.69) is 17.6 Å². The minimum absolute atomic E-state index is 0.126. The number of anilines is 2. The van der Waals surface area contributed by atoms with Crippen molar-refractivity contribution in [2.45, 2.75) is 45.1 Å². The fraction of sp³-hybridized carbons (Fsp3) is 0.600. The molecular formula is C15H23N3O2. The molecule has 2 rings (SSSR count). The first-order chi connectivity index (χ1) is 9.62. The van der Waals surface area contributed by atoms with E-state index < -0.39 is 0 Å². The lowest BCUT2D eigenvalue weighted by atomic mass is 9.84. The highest BCUT2D eigenvalue weighted by atomic mass is 16.6. The van der Waals surface area contributed by atoms with Crippen LogP contribution in [0.5, 0.6) is 0 Å². The van der Waals surface area contributed by atoms with Gasteiger partial charge < -0.3 is 10.6 Å². The zero-order valence-corrected chi connectivity index (χ0v) is 12.2. The molecule has 1 fully saturated rings. The van der Waals surface area contributed by atoms with Gasteiger partial charge in [-0.2, -0.15) is 0 Å². The molecule has 0 amide bonds. The van der Waals surface area contributed by atoms with Crippen LogP contribution in [-0.2, 0) is 0 Å². The summed E-state index contributed by atoms with van der Waals surface area (Å²) in [5.74, 6) is 0.853. The maximum atomic E-state index is 10.9. The predicted molar refractivity (Wildman–Crippen MR) is 82.3 cm³/mol. The summed E-state index contributed by atoms with van der Waals surface area (Å²) in [7, 11) is 1.77. The maximum Gasteiger partial charge on any atom is 0.273 e. The Morgan fingerprint density at radius 1 is 1.20 bits per heavy atom. The van der Waals surface area contributed by atoms with Crippen molar-refractivity contribution in [3.63, 3.8) is 0 Å². The van der Waals surface area contributed by atoms with Crippen molar-refractivity contribution in [3.8, 4) is 0 Å². The summed E-state index contributed by atoms with van der Waals surface area (Å²) < 4.78 is 0. The van der Waals surface area contributed by atoms with Gasteiger partial charge in [0.15, 0.2) is 0 Å². The van der Waals surface area contributed by atoms with E-state index in [1.165, 1.54) is 19.3 Å². The third-order valence-electron chi connectivity index (χ3n) is 4.21. The minimum Gasteiger partial charge on any atom is -0.388 e. The molecular weight excluding hydrogens is 254 g/mol. The summed E-state index contributed by atoms with van der Waals surface area (Å²) in [6.07, 6.45) is 6.06. The van der Waals surface area contributed by atoms with E-state index in [1.54, 1.807) is 19.2 Å². The van der Waals surface area contributed by atoms with Gasteiger partial charge in [-0.15, -0.1) is 0 Å². The van der Waals surface area contributed by atoms with E-state index in [4.69, 9.17) is 0 Å². The molecule has 110 valence electrons. The normalized spacial score (nSPS) is 22.3. The van der Waals surface area contributed by atoms with Crippen LogP contribution < -0.4 is 10.6 Å². The zero-order valence-electron chi connectivity index (χ0n) is 12.2. The molecule has 1 aromatic carbocycles. The Morgan fingerprint density at radius 3 is 2.40 bits per heavy atom. The van der Waals surface area contributed by atoms with E-state index in [1.807, 2.05) is 6.07 Å². The topological polar surface area (TPSA) is 67.2 Å². The second kappa shape index (κ2) is 6.59. The number of nitro benzene ring substituents is 1. The van der Waals surface area contributed by atoms with E-state index in [9.17, 15) is 10.1 Å². The van der Waals surface area contributed by atoms with E-state index in [-0.39, 0.29) is 10.6 Å². The van der Waals surface area contributed by atoms with Crippen molar-refractivity contribution in [2.75, 3.05) is 17.7 Å². The number of non-ortho nitro benzene ring substituents is 1. The first-order valence-corrected chi connectivity index (χ1v) is 7.36. The van der Waals surface area contributed by atoms with Crippen molar-refractivity contribution in [3.05, 3.63) is 28.3 Å². The minimum atomic E-state index is -0.347. The predicted octanol–water partition coefficient (Wildman–Crippen LogP) is 4.02. The molecule has 2 N–H and O–H groups in total. The largest absolute Gasteiger partial charge is 0.388 e. The molecule has 5 heteroatoms. The van der Waals surface area contributed by atoms with Gasteiger partial charge in [-0.1, -0.05) is 13.3 Å². The quantitative estimate of drug-likeness (QED) is 0.630. The molecule has 0 aliphatic heterocycles. The van der Waals surface area contributed by atoms with Crippen LogP contribution in [0.3, 0.4) is 0 Å². The second-order valence-corrected chi connectivity index (χ2v) is 5.55. The fourth-order valence-corrected chi connectivity index (χ4v) is 2.89. The van der Waals surface area contributed by atoms with E-state index >= 15 is 0 Å². The Morgan fingerprint density at radius 2 is 1.85 bits per heavy atom. The van der Waals surface area contributed by atoms with Gasteiger partial charge >= 0.3 is 0 Å². The molecule has 0 spiro atoms. The fourth-order valence-electron chi connectivity index (χ4n) is 2.89. The molecule has 0 radical (unpaired) electrons. The van der Waals surface area contributed by atoms with Gasteiger partial charge in [0.2, 0.25) is 0 Å². The summed E-state index contributed by atoms with van der Waals surface area (Å²) in [5.41, 5.74) is 1.73. The van der Waals surface area contributed by atoms with Gasteiger partial charge in [-0.3, -0.25) is 10.1 Å². The van der Waals surface area contributed by atoms with Crippen molar-refractivity contribution >= 4 is 17.1 Å². The number of nitro groups is 1. The summed E-state index contributed by atoms with van der Waals surface area (Å²) >= 11 is 0. The van der Waals surface area contributed by atoms with Crippen LogP contribution in [0.25, 0.3) is 0 Å². The molecule has 0 unspecified atom stereocenters. The number of hydrogen-bond donors (Lipinski definition) is 2. The number of hydrogen-bond acceptors (Lipinski definition) is 4. The lowest BCUT2D eigenvalue weighted by molar-refractivity contribution is -0.384. The monoisotopic (exact) mass is 277 g/mol. The zero-order chi connectivity index (χ0) is 14.5. The lowest BCUT2D eigenvalue weighted by Gasteiger charge is -2.29. The van der Waals surface area contributed by atoms with Crippen molar-refractivity contribution in [1.82, 2.24) is 0 Å². The molecule has 1 aliphatic carbocycles. The molecule has 0 aromatic heterocycles. The highest BCUT2D eigenvalue weighted by Crippen LogP contribution is 2.30. The highest BCUT2D eigenvalue weighted by Gasteiger charge is 2.20. The third-order valence-corrected chi connectivity index (χ3v) is 4.21. The second-order valence-electron chi connectivity index (χ2n) is 5.55. The molecule has 0 atom stereocenters. The Bertz CT molecular complexity index is 468. The maximum absolute atomic E-state index is 10.9. The average molecular weight is 277 g/mol. The third kappa shape index (κ3) is 3.62. The Hall–Kier alpha value is -1.78. The van der Waals surface area contributed by atoms with Crippen LogP contribution >= 0.6 is 0 Å². The molecule has 0 saturated heterocycles. The summed E-state index contributed by atoms with van der Waals surface area (Å²) in [4.78, 5) is 10.6. The Balaban J connectivity index is 2.05. The van der Waals surface area contributed by atoms with E-state index in [0.717, 1.165) is 30.1 Å². The van der Waals surface area contributed by atoms with Gasteiger partial charge in [0.25, 0.3) is 5.69 Å². The van der Waals surface area contributed by atoms with Crippen LogP contribution in [0.4, 0.5) is 17.1 Å². The molecule has 1 aromatic rings. The Labute approximate surface area is 119 Å². The summed E-state index contributed by atoms with van der Waals surface area (Å²) in [6, 6.07) is 5.54. The molecule has 1 aliphatic rings.